The van der Waals surface area contributed by atoms with Crippen molar-refractivity contribution < 1.29 is 56.1 Å². The number of benzene rings is 2. The lowest BCUT2D eigenvalue weighted by Gasteiger charge is -2.35. The first-order valence-electron chi connectivity index (χ1n) is 29.4. The molecule has 0 spiro atoms. The minimum atomic E-state index is -3.64. The van der Waals surface area contributed by atoms with E-state index in [1.165, 1.54) is 47.6 Å². The minimum absolute atomic E-state index is 0.0174. The molecule has 4 fully saturated rings. The molecule has 0 radical (unpaired) electrons. The first-order valence-corrected chi connectivity index (χ1v) is 30.3. The number of hydrogen-bond acceptors (Lipinski definition) is 15. The van der Waals surface area contributed by atoms with Gasteiger partial charge in [-0.1, -0.05) is 71.4 Å². The maximum atomic E-state index is 15.8. The molecule has 84 heavy (non-hydrogen) atoms. The van der Waals surface area contributed by atoms with Gasteiger partial charge in [0.15, 0.2) is 11.5 Å². The summed E-state index contributed by atoms with van der Waals surface area (Å²) in [6.07, 6.45) is 11.0. The molecule has 2 saturated heterocycles. The van der Waals surface area contributed by atoms with Crippen LogP contribution in [0, 0.1) is 18.2 Å². The van der Waals surface area contributed by atoms with E-state index in [1.807, 2.05) is 25.1 Å². The third-order valence-corrected chi connectivity index (χ3v) is 17.8. The minimum Gasteiger partial charge on any atom is -0.495 e. The maximum absolute atomic E-state index is 15.8. The smallest absolute Gasteiger partial charge is 0.342 e. The van der Waals surface area contributed by atoms with Crippen LogP contribution in [0.1, 0.15) is 139 Å². The van der Waals surface area contributed by atoms with Crippen molar-refractivity contribution in [1.29, 1.82) is 0 Å². The molecule has 5 aliphatic rings. The van der Waals surface area contributed by atoms with Gasteiger partial charge < -0.3 is 55.4 Å². The average molecular weight is 1190 g/mol. The van der Waals surface area contributed by atoms with Crippen LogP contribution in [-0.4, -0.2) is 155 Å². The van der Waals surface area contributed by atoms with Gasteiger partial charge in [0.25, 0.3) is 17.7 Å². The van der Waals surface area contributed by atoms with Crippen molar-refractivity contribution in [3.8, 4) is 21.9 Å². The van der Waals surface area contributed by atoms with Gasteiger partial charge in [-0.3, -0.25) is 24.0 Å². The van der Waals surface area contributed by atoms with Gasteiger partial charge in [-0.2, -0.15) is 13.8 Å². The average Bonchev–Trinajstić information content (AvgIpc) is 2.28. The molecule has 3 aliphatic heterocycles. The molecule has 2 saturated carbocycles. The van der Waals surface area contributed by atoms with E-state index in [0.717, 1.165) is 104 Å². The van der Waals surface area contributed by atoms with Gasteiger partial charge in [0.2, 0.25) is 17.8 Å². The summed E-state index contributed by atoms with van der Waals surface area (Å²) in [6, 6.07) is 5.77. The van der Waals surface area contributed by atoms with E-state index >= 15 is 13.2 Å². The highest BCUT2D eigenvalue weighted by atomic mass is 32.1. The molecule has 19 nitrogen and oxygen atoms in total. The number of methoxy groups -OCH3 is 1. The molecule has 2 unspecified atom stereocenters. The predicted octanol–water partition coefficient (Wildman–Crippen LogP) is 8.39. The van der Waals surface area contributed by atoms with E-state index in [9.17, 15) is 33.5 Å². The molecule has 2 aromatic carbocycles. The summed E-state index contributed by atoms with van der Waals surface area (Å²) in [5.41, 5.74) is 1.65. The van der Waals surface area contributed by atoms with Crippen LogP contribution in [0.15, 0.2) is 42.0 Å². The molecule has 9 rings (SSSR count). The number of anilines is 4. The molecule has 5 amide bonds. The van der Waals surface area contributed by atoms with E-state index in [0.29, 0.717) is 38.0 Å². The van der Waals surface area contributed by atoms with E-state index in [-0.39, 0.29) is 78.9 Å². The number of β-amino-alcohol motifs (C(OH)–C–C–N with tert-alkyl or cyclic N) is 1. The van der Waals surface area contributed by atoms with Crippen molar-refractivity contribution >= 4 is 64.0 Å². The Kier molecular flexibility index (Phi) is 19.4. The van der Waals surface area contributed by atoms with Crippen molar-refractivity contribution in [1.82, 2.24) is 40.7 Å². The van der Waals surface area contributed by atoms with Crippen LogP contribution in [0.3, 0.4) is 0 Å². The molecule has 3 atom stereocenters. The van der Waals surface area contributed by atoms with Gasteiger partial charge in [-0.15, -0.1) is 11.3 Å². The maximum Gasteiger partial charge on any atom is 0.342 e. The van der Waals surface area contributed by atoms with Crippen LogP contribution in [0.25, 0.3) is 10.4 Å². The number of likely N-dealkylation sites (tertiary alicyclic amines) is 2. The van der Waals surface area contributed by atoms with Gasteiger partial charge in [-0.25, -0.2) is 18.7 Å². The summed E-state index contributed by atoms with van der Waals surface area (Å²) in [5.74, 6) is -7.29. The number of amides is 5. The Hall–Kier alpha value is -6.66. The van der Waals surface area contributed by atoms with Crippen LogP contribution in [0.4, 0.5) is 40.7 Å². The Morgan fingerprint density at radius 1 is 0.940 bits per heavy atom. The summed E-state index contributed by atoms with van der Waals surface area (Å²) >= 11 is 1.53. The lowest BCUT2D eigenvalue weighted by atomic mass is 9.85. The van der Waals surface area contributed by atoms with Crippen molar-refractivity contribution in [3.05, 3.63) is 64.7 Å². The summed E-state index contributed by atoms with van der Waals surface area (Å²) in [4.78, 5) is 87.1. The standard InChI is InChI=1S/C60H79F4N11O8S/c1-36-49(84-35-67-36)37-17-18-38(31-65-53(78)45-28-41(76)33-74(45)54(79)50(58(2,3)4)70-55(80)59(62)21-22-59)47(27-37)83-26-14-10-8-7-9-13-23-73-24-19-39(20-25-73)68-52(77)42-29-48(82-6)44(30-43(42)61)69-57-66-32-46-51(71-57)75(40-15-11-12-16-40)34-60(63,64)56(81)72(46)5/h17-18,27,29-30,32,35,39-41,45,50,76H,7-16,19-26,28,31,33-34H2,1-6H3,(H,65,78)(H,68,77)(H,70,80)(H,66,69,71)/t41?,45?,50-/m1/s1. The molecule has 5 N–H and O–H groups in total. The summed E-state index contributed by atoms with van der Waals surface area (Å²) in [6.45, 7) is 9.37. The van der Waals surface area contributed by atoms with E-state index in [4.69, 9.17) is 9.47 Å². The summed E-state index contributed by atoms with van der Waals surface area (Å²) in [5, 5.41) is 22.2. The Morgan fingerprint density at radius 2 is 1.65 bits per heavy atom. The molecule has 24 heteroatoms. The van der Waals surface area contributed by atoms with Gasteiger partial charge >= 0.3 is 5.92 Å². The largest absolute Gasteiger partial charge is 0.495 e. The number of aliphatic hydroxyl groups excluding tert-OH is 1. The normalized spacial score (nSPS) is 20.3. The zero-order chi connectivity index (χ0) is 60.1. The molecular formula is C60H79F4N11O8S. The number of nitrogens with one attached hydrogen (secondary N) is 4. The third-order valence-electron chi connectivity index (χ3n) is 16.8. The Morgan fingerprint density at radius 3 is 2.33 bits per heavy atom. The van der Waals surface area contributed by atoms with Crippen LogP contribution in [0.2, 0.25) is 0 Å². The number of nitrogens with zero attached hydrogens (tertiary/aromatic N) is 7. The highest BCUT2D eigenvalue weighted by Crippen LogP contribution is 2.42. The van der Waals surface area contributed by atoms with Crippen LogP contribution in [0.5, 0.6) is 11.5 Å². The second-order valence-corrected chi connectivity index (χ2v) is 25.0. The second kappa shape index (κ2) is 26.3. The molecular weight excluding hydrogens is 1110 g/mol. The van der Waals surface area contributed by atoms with Crippen molar-refractivity contribution in [2.24, 2.45) is 5.41 Å². The SMILES string of the molecule is COc1cc(C(=O)NC2CCN(CCCCCCCCOc3cc(-c4scnc4C)ccc3CNC(=O)C3CC(O)CN3C(=O)[C@@H](NC(=O)C3(F)CC3)C(C)(C)C)CC2)c(F)cc1Nc1ncc2c(n1)N(C1CCCC1)CC(F)(F)C(=O)N2C. The fraction of sp³-hybridized carbons (Fsp3) is 0.600. The monoisotopic (exact) mass is 1190 g/mol. The lowest BCUT2D eigenvalue weighted by molar-refractivity contribution is -0.145. The highest BCUT2D eigenvalue weighted by molar-refractivity contribution is 7.13. The van der Waals surface area contributed by atoms with Gasteiger partial charge in [-0.05, 0) is 87.9 Å². The summed E-state index contributed by atoms with van der Waals surface area (Å²) in [7, 11) is 2.65. The molecule has 4 aromatic rings. The molecule has 2 aromatic heterocycles. The van der Waals surface area contributed by atoms with Gasteiger partial charge in [0.05, 0.1) is 59.9 Å². The fourth-order valence-corrected chi connectivity index (χ4v) is 12.5. The number of aryl methyl sites for hydroxylation is 1. The topological polar surface area (TPSA) is 224 Å². The van der Waals surface area contributed by atoms with Crippen LogP contribution < -0.4 is 40.5 Å². The zero-order valence-corrected chi connectivity index (χ0v) is 49.7. The van der Waals surface area contributed by atoms with Gasteiger partial charge in [0, 0.05) is 63.4 Å². The number of aliphatic hydroxyl groups is 1. The molecule has 5 heterocycles. The Balaban J connectivity index is 0.701. The predicted molar refractivity (Wildman–Crippen MR) is 311 cm³/mol. The third kappa shape index (κ3) is 14.5. The first-order chi connectivity index (χ1) is 40.0. The number of hydrogen-bond donors (Lipinski definition) is 5. The number of carbonyl (C=O) groups excluding carboxylic acids is 5. The first kappa shape index (κ1) is 61.9. The number of piperidine rings is 1. The van der Waals surface area contributed by atoms with Crippen molar-refractivity contribution in [2.45, 2.75) is 172 Å². The van der Waals surface area contributed by atoms with E-state index < -0.39 is 77.1 Å². The number of halogens is 4. The molecule has 2 aliphatic carbocycles. The van der Waals surface area contributed by atoms with Crippen LogP contribution in [-0.2, 0) is 25.7 Å². The van der Waals surface area contributed by atoms with Gasteiger partial charge in [0.1, 0.15) is 35.1 Å². The zero-order valence-electron chi connectivity index (χ0n) is 48.8. The van der Waals surface area contributed by atoms with E-state index in [2.05, 4.69) is 41.1 Å². The number of carbonyl (C=O) groups is 5. The number of unbranched alkanes of at least 4 members (excludes halogenated alkanes) is 5. The number of aromatic nitrogens is 3. The summed E-state index contributed by atoms with van der Waals surface area (Å²) < 4.78 is 72.7. The number of alkyl halides is 3. The number of fused-ring (bicyclic) bond motifs is 1. The van der Waals surface area contributed by atoms with E-state index in [1.54, 1.807) is 26.3 Å². The number of thiazole rings is 1. The van der Waals surface area contributed by atoms with Crippen LogP contribution >= 0.6 is 11.3 Å². The van der Waals surface area contributed by atoms with Crippen molar-refractivity contribution in [3.63, 3.8) is 0 Å². The highest BCUT2D eigenvalue weighted by Gasteiger charge is 2.54. The fourth-order valence-electron chi connectivity index (χ4n) is 11.7. The quantitative estimate of drug-likeness (QED) is 0.0348. The Bertz CT molecular complexity index is 3040. The number of ether oxygens (including phenoxy) is 2. The second-order valence-electron chi connectivity index (χ2n) is 24.2. The molecule has 456 valence electrons. The molecule has 0 bridgehead atoms. The number of rotatable bonds is 23. The lowest BCUT2D eigenvalue weighted by Crippen LogP contribution is -2.59. The van der Waals surface area contributed by atoms with Crippen molar-refractivity contribution in [2.75, 3.05) is 68.6 Å². The Labute approximate surface area is 492 Å².